The summed E-state index contributed by atoms with van der Waals surface area (Å²) >= 11 is -1.98. The van der Waals surface area contributed by atoms with Crippen molar-refractivity contribution in [3.8, 4) is 5.75 Å². The molecule has 4 rings (SSSR count). The van der Waals surface area contributed by atoms with Gasteiger partial charge in [-0.05, 0) is 6.07 Å². The Morgan fingerprint density at radius 1 is 0.586 bits per heavy atom. The summed E-state index contributed by atoms with van der Waals surface area (Å²) in [5, 5.41) is 19.0. The first kappa shape index (κ1) is 20.7. The molecule has 0 radical (unpaired) electrons. The van der Waals surface area contributed by atoms with Gasteiger partial charge in [-0.3, -0.25) is 0 Å². The van der Waals surface area contributed by atoms with E-state index >= 15 is 0 Å². The van der Waals surface area contributed by atoms with Gasteiger partial charge >= 0.3 is 127 Å². The van der Waals surface area contributed by atoms with Crippen molar-refractivity contribution in [2.24, 2.45) is 0 Å². The van der Waals surface area contributed by atoms with Crippen LogP contribution in [0.1, 0.15) is 10.4 Å². The molecule has 0 heterocycles. The maximum atomic E-state index is 10.7. The Hall–Kier alpha value is -3.05. The van der Waals surface area contributed by atoms with Gasteiger partial charge in [0.2, 0.25) is 0 Å². The van der Waals surface area contributed by atoms with Crippen LogP contribution in [0.2, 0.25) is 0 Å². The molecular formula is C25H20O3Sn. The van der Waals surface area contributed by atoms with Crippen LogP contribution in [0.3, 0.4) is 0 Å². The third kappa shape index (κ3) is 5.71. The molecule has 0 saturated carbocycles. The fourth-order valence-corrected chi connectivity index (χ4v) is 10.3. The number of aromatic carboxylic acids is 1. The Bertz CT molecular complexity index is 941. The Kier molecular flexibility index (Phi) is 7.47. The summed E-state index contributed by atoms with van der Waals surface area (Å²) in [7, 11) is 0. The van der Waals surface area contributed by atoms with Crippen molar-refractivity contribution in [3.63, 3.8) is 0 Å². The molecule has 3 nitrogen and oxygen atoms in total. The minimum atomic E-state index is -1.98. The van der Waals surface area contributed by atoms with Crippen LogP contribution in [0.25, 0.3) is 0 Å². The molecule has 29 heavy (non-hydrogen) atoms. The van der Waals surface area contributed by atoms with Crippen molar-refractivity contribution >= 4 is 36.5 Å². The Morgan fingerprint density at radius 2 is 0.931 bits per heavy atom. The average Bonchev–Trinajstić information content (AvgIpc) is 2.77. The summed E-state index contributed by atoms with van der Waals surface area (Å²) in [6.45, 7) is 0. The second-order valence-corrected chi connectivity index (χ2v) is 13.4. The third-order valence-corrected chi connectivity index (χ3v) is 12.1. The van der Waals surface area contributed by atoms with Crippen LogP contribution in [-0.2, 0) is 0 Å². The average molecular weight is 487 g/mol. The number of hydrogen-bond acceptors (Lipinski definition) is 2. The second-order valence-electron chi connectivity index (χ2n) is 6.27. The van der Waals surface area contributed by atoms with E-state index in [1.807, 2.05) is 0 Å². The zero-order valence-electron chi connectivity index (χ0n) is 15.7. The number of carbonyl (C=O) groups is 1. The first-order valence-electron chi connectivity index (χ1n) is 9.19. The minimum absolute atomic E-state index is 0.178. The number of rotatable bonds is 4. The molecule has 0 atom stereocenters. The molecule has 142 valence electrons. The van der Waals surface area contributed by atoms with Gasteiger partial charge in [0.25, 0.3) is 0 Å². The van der Waals surface area contributed by atoms with E-state index in [1.165, 1.54) is 35.0 Å². The Morgan fingerprint density at radius 3 is 1.24 bits per heavy atom. The molecule has 0 aromatic heterocycles. The molecule has 0 fully saturated rings. The van der Waals surface area contributed by atoms with Gasteiger partial charge in [-0.1, -0.05) is 23.9 Å². The molecule has 0 amide bonds. The monoisotopic (exact) mass is 488 g/mol. The van der Waals surface area contributed by atoms with E-state index in [9.17, 15) is 9.90 Å². The van der Waals surface area contributed by atoms with Gasteiger partial charge in [0.05, 0.1) is 5.56 Å². The number of para-hydroxylation sites is 1. The van der Waals surface area contributed by atoms with Gasteiger partial charge < -0.3 is 10.2 Å². The number of carboxylic acids is 1. The van der Waals surface area contributed by atoms with Crippen molar-refractivity contribution in [3.05, 3.63) is 121 Å². The van der Waals surface area contributed by atoms with E-state index in [0.29, 0.717) is 0 Å². The number of benzene rings is 4. The van der Waals surface area contributed by atoms with Gasteiger partial charge in [0, 0.05) is 0 Å². The normalized spacial score (nSPS) is 9.79. The summed E-state index contributed by atoms with van der Waals surface area (Å²) in [6, 6.07) is 38.5. The predicted octanol–water partition coefficient (Wildman–Crippen LogP) is 2.66. The molecule has 0 unspecified atom stereocenters. The standard InChI is InChI=1S/C7H6O3.3C6H5.Sn/c8-6-4-2-1-3-5(6)7(9)10;3*1-2-4-6-5-3-1;/h1-4,8H,(H,9,10);3*1-5H;/q;;;;+1/p-1. The van der Waals surface area contributed by atoms with Crippen LogP contribution < -0.4 is 15.8 Å². The summed E-state index contributed by atoms with van der Waals surface area (Å²) in [5.74, 6) is -1.62. The molecule has 4 aromatic carbocycles. The van der Waals surface area contributed by atoms with Crippen LogP contribution in [0.4, 0.5) is 0 Å². The summed E-state index contributed by atoms with van der Waals surface area (Å²) in [4.78, 5) is 10.2. The van der Waals surface area contributed by atoms with Gasteiger partial charge in [-0.2, -0.15) is 0 Å². The summed E-state index contributed by atoms with van der Waals surface area (Å²) in [6.07, 6.45) is 0. The van der Waals surface area contributed by atoms with Crippen LogP contribution in [0.5, 0.6) is 5.75 Å². The fraction of sp³-hybridized carbons (Fsp3) is 0. The zero-order chi connectivity index (χ0) is 20.5. The van der Waals surface area contributed by atoms with Crippen molar-refractivity contribution < 1.29 is 15.0 Å². The van der Waals surface area contributed by atoms with Gasteiger partial charge in [0.15, 0.2) is 0 Å². The summed E-state index contributed by atoms with van der Waals surface area (Å²) < 4.78 is 4.59. The third-order valence-electron chi connectivity index (χ3n) is 4.30. The van der Waals surface area contributed by atoms with Gasteiger partial charge in [0.1, 0.15) is 0 Å². The SMILES string of the molecule is O=C(O)c1ccccc1[O-].c1cc[c]([Sn+]([c]2ccccc2)[c]2ccccc2)cc1. The predicted molar refractivity (Wildman–Crippen MR) is 117 cm³/mol. The Balaban J connectivity index is 0.000000204. The van der Waals surface area contributed by atoms with Crippen molar-refractivity contribution in [1.29, 1.82) is 0 Å². The Labute approximate surface area is 177 Å². The first-order valence-corrected chi connectivity index (χ1v) is 13.5. The molecular weight excluding hydrogens is 467 g/mol. The quantitative estimate of drug-likeness (QED) is 0.451. The molecule has 4 heteroatoms. The fourth-order valence-electron chi connectivity index (χ4n) is 2.96. The van der Waals surface area contributed by atoms with E-state index in [0.717, 1.165) is 0 Å². The van der Waals surface area contributed by atoms with Gasteiger partial charge in [-0.25, -0.2) is 4.79 Å². The van der Waals surface area contributed by atoms with Gasteiger partial charge in [-0.15, -0.1) is 0 Å². The van der Waals surface area contributed by atoms with Crippen LogP contribution in [0.15, 0.2) is 115 Å². The van der Waals surface area contributed by atoms with Crippen molar-refractivity contribution in [2.45, 2.75) is 0 Å². The van der Waals surface area contributed by atoms with E-state index in [1.54, 1.807) is 0 Å². The van der Waals surface area contributed by atoms with Crippen LogP contribution in [0, 0.1) is 0 Å². The molecule has 0 bridgehead atoms. The van der Waals surface area contributed by atoms with Crippen LogP contribution >= 0.6 is 0 Å². The van der Waals surface area contributed by atoms with Crippen molar-refractivity contribution in [1.82, 2.24) is 0 Å². The van der Waals surface area contributed by atoms with Crippen molar-refractivity contribution in [2.75, 3.05) is 0 Å². The van der Waals surface area contributed by atoms with E-state index in [-0.39, 0.29) is 5.56 Å². The molecule has 0 saturated heterocycles. The summed E-state index contributed by atoms with van der Waals surface area (Å²) in [5.41, 5.74) is -0.178. The molecule has 0 spiro atoms. The maximum absolute atomic E-state index is 10.7. The van der Waals surface area contributed by atoms with Crippen LogP contribution in [-0.4, -0.2) is 30.8 Å². The van der Waals surface area contributed by atoms with E-state index in [2.05, 4.69) is 91.0 Å². The van der Waals surface area contributed by atoms with E-state index < -0.39 is 31.5 Å². The molecule has 4 aromatic rings. The molecule has 0 aliphatic rings. The molecule has 1 N–H and O–H groups in total. The first-order chi connectivity index (χ1) is 14.2. The number of hydrogen-bond donors (Lipinski definition) is 1. The molecule has 0 aliphatic heterocycles. The topological polar surface area (TPSA) is 60.4 Å². The number of carboxylic acid groups (broad SMARTS) is 1. The zero-order valence-corrected chi connectivity index (χ0v) is 18.6. The molecule has 0 aliphatic carbocycles. The van der Waals surface area contributed by atoms with E-state index in [4.69, 9.17) is 5.11 Å². The second kappa shape index (κ2) is 10.5.